The predicted molar refractivity (Wildman–Crippen MR) is 107 cm³/mol. The molecule has 2 heterocycles. The van der Waals surface area contributed by atoms with Crippen LogP contribution in [-0.2, 0) is 13.5 Å². The molecule has 24 heavy (non-hydrogen) atoms. The Kier molecular flexibility index (Phi) is 2.98. The maximum absolute atomic E-state index is 2.39. The summed E-state index contributed by atoms with van der Waals surface area (Å²) in [5.41, 5.74) is 4.20. The predicted octanol–water partition coefficient (Wildman–Crippen LogP) is 6.65. The molecule has 0 saturated carbocycles. The van der Waals surface area contributed by atoms with Crippen LogP contribution in [0.2, 0.25) is 0 Å². The van der Waals surface area contributed by atoms with Crippen molar-refractivity contribution >= 4 is 53.3 Å². The largest absolute Gasteiger partial charge is 0.343 e. The molecule has 5 aromatic rings. The van der Waals surface area contributed by atoms with Crippen LogP contribution in [0, 0.1) is 0 Å². The first-order chi connectivity index (χ1) is 11.8. The summed E-state index contributed by atoms with van der Waals surface area (Å²) in [5, 5.41) is 5.63. The number of hydrogen-bond donors (Lipinski definition) is 0. The Labute approximate surface area is 145 Å². The van der Waals surface area contributed by atoms with Crippen molar-refractivity contribution in [3.63, 3.8) is 0 Å². The number of hydrogen-bond acceptors (Lipinski definition) is 1. The van der Waals surface area contributed by atoms with Crippen LogP contribution in [0.25, 0.3) is 42.0 Å². The van der Waals surface area contributed by atoms with Gasteiger partial charge >= 0.3 is 0 Å². The topological polar surface area (TPSA) is 4.93 Å². The Morgan fingerprint density at radius 1 is 0.833 bits per heavy atom. The van der Waals surface area contributed by atoms with E-state index in [2.05, 4.69) is 73.1 Å². The van der Waals surface area contributed by atoms with Crippen molar-refractivity contribution in [2.75, 3.05) is 0 Å². The van der Waals surface area contributed by atoms with Gasteiger partial charge in [0.1, 0.15) is 0 Å². The summed E-state index contributed by atoms with van der Waals surface area (Å²) in [7, 11) is 2.21. The summed E-state index contributed by atoms with van der Waals surface area (Å²) in [6, 6.07) is 20.2. The van der Waals surface area contributed by atoms with Gasteiger partial charge in [0.05, 0.1) is 5.52 Å². The van der Waals surface area contributed by atoms with Gasteiger partial charge in [-0.3, -0.25) is 0 Å². The number of rotatable bonds is 2. The second-order valence-corrected chi connectivity index (χ2v) is 7.64. The highest BCUT2D eigenvalue weighted by molar-refractivity contribution is 7.26. The molecule has 118 valence electrons. The van der Waals surface area contributed by atoms with E-state index in [1.807, 2.05) is 11.3 Å². The average Bonchev–Trinajstić information content (AvgIpc) is 3.12. The Balaban J connectivity index is 2.07. The van der Waals surface area contributed by atoms with E-state index in [1.165, 1.54) is 54.0 Å². The molecule has 2 heteroatoms. The van der Waals surface area contributed by atoms with Gasteiger partial charge in [-0.1, -0.05) is 49.7 Å². The maximum Gasteiger partial charge on any atom is 0.0583 e. The number of aromatic nitrogens is 1. The summed E-state index contributed by atoms with van der Waals surface area (Å²) < 4.78 is 5.15. The zero-order valence-electron chi connectivity index (χ0n) is 14.0. The number of nitrogens with zero attached hydrogens (tertiary/aromatic N) is 1. The molecule has 1 nitrogen and oxygen atoms in total. The van der Waals surface area contributed by atoms with Crippen molar-refractivity contribution in [1.29, 1.82) is 0 Å². The lowest BCUT2D eigenvalue weighted by atomic mass is 10.0. The maximum atomic E-state index is 2.39. The van der Waals surface area contributed by atoms with Crippen LogP contribution in [0.4, 0.5) is 0 Å². The van der Waals surface area contributed by atoms with Crippen molar-refractivity contribution in [2.24, 2.45) is 7.05 Å². The molecule has 0 aliphatic heterocycles. The quantitative estimate of drug-likeness (QED) is 0.341. The summed E-state index contributed by atoms with van der Waals surface area (Å²) >= 11 is 1.90. The van der Waals surface area contributed by atoms with E-state index in [0.717, 1.165) is 6.42 Å². The zero-order valence-corrected chi connectivity index (χ0v) is 14.8. The second kappa shape index (κ2) is 5.09. The van der Waals surface area contributed by atoms with Gasteiger partial charge in [-0.25, -0.2) is 0 Å². The van der Waals surface area contributed by atoms with E-state index in [0.29, 0.717) is 0 Å². The lowest BCUT2D eigenvalue weighted by Crippen LogP contribution is -1.88. The summed E-state index contributed by atoms with van der Waals surface area (Å²) in [5.74, 6) is 0. The fourth-order valence-electron chi connectivity index (χ4n) is 4.12. The minimum absolute atomic E-state index is 1.14. The first-order valence-corrected chi connectivity index (χ1v) is 9.41. The standard InChI is InChI=1S/C22H19NS/c1-3-7-14-8-6-10-17-20(14)16-12-13-19-21(22(16)23(17)2)15-9-4-5-11-18(15)24-19/h4-6,8-13H,3,7H2,1-2H3. The van der Waals surface area contributed by atoms with Gasteiger partial charge in [-0.2, -0.15) is 0 Å². The molecule has 0 fully saturated rings. The Bertz CT molecular complexity index is 1220. The lowest BCUT2D eigenvalue weighted by molar-refractivity contribution is 0.929. The monoisotopic (exact) mass is 329 g/mol. The van der Waals surface area contributed by atoms with Gasteiger partial charge in [-0.15, -0.1) is 11.3 Å². The van der Waals surface area contributed by atoms with Crippen molar-refractivity contribution in [3.8, 4) is 0 Å². The van der Waals surface area contributed by atoms with Crippen molar-refractivity contribution in [3.05, 3.63) is 60.2 Å². The molecule has 0 bridgehead atoms. The third-order valence-corrected chi connectivity index (χ3v) is 6.27. The highest BCUT2D eigenvalue weighted by Gasteiger charge is 2.16. The van der Waals surface area contributed by atoms with Gasteiger partial charge in [0, 0.05) is 43.5 Å². The summed E-state index contributed by atoms with van der Waals surface area (Å²) in [4.78, 5) is 0. The summed E-state index contributed by atoms with van der Waals surface area (Å²) in [6.07, 6.45) is 2.32. The Hall–Kier alpha value is -2.32. The van der Waals surface area contributed by atoms with E-state index in [1.54, 1.807) is 0 Å². The van der Waals surface area contributed by atoms with E-state index < -0.39 is 0 Å². The second-order valence-electron chi connectivity index (χ2n) is 6.55. The van der Waals surface area contributed by atoms with E-state index in [9.17, 15) is 0 Å². The SMILES string of the molecule is CCCc1cccc2c1c1ccc3sc4ccccc4c3c1n2C. The van der Waals surface area contributed by atoms with E-state index in [-0.39, 0.29) is 0 Å². The van der Waals surface area contributed by atoms with Crippen LogP contribution >= 0.6 is 11.3 Å². The smallest absolute Gasteiger partial charge is 0.0583 e. The van der Waals surface area contributed by atoms with Crippen LogP contribution in [0.3, 0.4) is 0 Å². The first-order valence-electron chi connectivity index (χ1n) is 8.60. The fraction of sp³-hybridized carbons (Fsp3) is 0.182. The molecular weight excluding hydrogens is 310 g/mol. The molecule has 0 aliphatic rings. The molecule has 3 aromatic carbocycles. The molecule has 0 saturated heterocycles. The third-order valence-electron chi connectivity index (χ3n) is 5.13. The molecule has 0 spiro atoms. The number of benzene rings is 3. The molecule has 0 unspecified atom stereocenters. The van der Waals surface area contributed by atoms with Crippen molar-refractivity contribution in [1.82, 2.24) is 4.57 Å². The minimum Gasteiger partial charge on any atom is -0.343 e. The van der Waals surface area contributed by atoms with E-state index in [4.69, 9.17) is 0 Å². The highest BCUT2D eigenvalue weighted by atomic mass is 32.1. The Morgan fingerprint density at radius 2 is 1.71 bits per heavy atom. The van der Waals surface area contributed by atoms with E-state index >= 15 is 0 Å². The molecular formula is C22H19NS. The number of aryl methyl sites for hydroxylation is 2. The third kappa shape index (κ3) is 1.75. The lowest BCUT2D eigenvalue weighted by Gasteiger charge is -2.02. The van der Waals surface area contributed by atoms with Gasteiger partial charge < -0.3 is 4.57 Å². The van der Waals surface area contributed by atoms with Gasteiger partial charge in [0.2, 0.25) is 0 Å². The van der Waals surface area contributed by atoms with Gasteiger partial charge in [0.25, 0.3) is 0 Å². The molecule has 0 atom stereocenters. The molecule has 5 rings (SSSR count). The normalized spacial score (nSPS) is 12.1. The highest BCUT2D eigenvalue weighted by Crippen LogP contribution is 2.42. The van der Waals surface area contributed by atoms with Crippen molar-refractivity contribution < 1.29 is 0 Å². The van der Waals surface area contributed by atoms with Crippen LogP contribution < -0.4 is 0 Å². The number of thiophene rings is 1. The van der Waals surface area contributed by atoms with Crippen LogP contribution in [-0.4, -0.2) is 4.57 Å². The molecule has 0 N–H and O–H groups in total. The van der Waals surface area contributed by atoms with Crippen LogP contribution in [0.1, 0.15) is 18.9 Å². The zero-order chi connectivity index (χ0) is 16.3. The fourth-order valence-corrected chi connectivity index (χ4v) is 5.23. The number of fused-ring (bicyclic) bond motifs is 7. The van der Waals surface area contributed by atoms with Gasteiger partial charge in [-0.05, 0) is 30.2 Å². The molecule has 0 amide bonds. The summed E-state index contributed by atoms with van der Waals surface area (Å²) in [6.45, 7) is 2.26. The van der Waals surface area contributed by atoms with Crippen LogP contribution in [0.15, 0.2) is 54.6 Å². The molecule has 0 aliphatic carbocycles. The molecule has 2 aromatic heterocycles. The first kappa shape index (κ1) is 14.1. The Morgan fingerprint density at radius 3 is 2.58 bits per heavy atom. The van der Waals surface area contributed by atoms with Gasteiger partial charge in [0.15, 0.2) is 0 Å². The average molecular weight is 329 g/mol. The minimum atomic E-state index is 1.14. The van der Waals surface area contributed by atoms with Crippen molar-refractivity contribution in [2.45, 2.75) is 19.8 Å². The molecule has 0 radical (unpaired) electrons. The van der Waals surface area contributed by atoms with Crippen LogP contribution in [0.5, 0.6) is 0 Å².